The van der Waals surface area contributed by atoms with Gasteiger partial charge in [-0.3, -0.25) is 5.41 Å². The number of H-pyrrole nitrogens is 1. The predicted molar refractivity (Wildman–Crippen MR) is 97.2 cm³/mol. The number of amidine groups is 1. The van der Waals surface area contributed by atoms with E-state index in [0.717, 1.165) is 4.90 Å². The summed E-state index contributed by atoms with van der Waals surface area (Å²) in [7, 11) is 0. The lowest BCUT2D eigenvalue weighted by molar-refractivity contribution is -0.143. The minimum atomic E-state index is -5.02. The molecule has 0 aliphatic carbocycles. The maximum atomic E-state index is 13.1. The average Bonchev–Trinajstić information content (AvgIpc) is 3.20. The molecular weight excluding hydrogens is 414 g/mol. The number of hydrogen-bond donors (Lipinski definition) is 3. The Kier molecular flexibility index (Phi) is 4.29. The predicted octanol–water partition coefficient (Wildman–Crippen LogP) is 5.37. The number of anilines is 1. The lowest BCUT2D eigenvalue weighted by Gasteiger charge is -2.22. The first-order chi connectivity index (χ1) is 13.9. The molecule has 0 atom stereocenters. The zero-order valence-corrected chi connectivity index (χ0v) is 14.9. The lowest BCUT2D eigenvalue weighted by atomic mass is 10.1. The van der Waals surface area contributed by atoms with E-state index in [-0.39, 0.29) is 17.5 Å². The van der Waals surface area contributed by atoms with E-state index in [9.17, 15) is 31.4 Å². The van der Waals surface area contributed by atoms with Crippen molar-refractivity contribution < 1.29 is 31.4 Å². The smallest absolute Gasteiger partial charge is 0.416 e. The van der Waals surface area contributed by atoms with E-state index in [2.05, 4.69) is 9.97 Å². The van der Waals surface area contributed by atoms with Crippen molar-refractivity contribution in [1.82, 2.24) is 9.97 Å². The van der Waals surface area contributed by atoms with Crippen LogP contribution < -0.4 is 4.90 Å². The second-order valence-corrected chi connectivity index (χ2v) is 6.62. The summed E-state index contributed by atoms with van der Waals surface area (Å²) in [6.07, 6.45) is -10.0. The van der Waals surface area contributed by atoms with Gasteiger partial charge in [0, 0.05) is 5.69 Å². The quantitative estimate of drug-likeness (QED) is 0.483. The average molecular weight is 426 g/mol. The van der Waals surface area contributed by atoms with E-state index < -0.39 is 47.3 Å². The third-order valence-corrected chi connectivity index (χ3v) is 4.61. The zero-order valence-electron chi connectivity index (χ0n) is 14.9. The summed E-state index contributed by atoms with van der Waals surface area (Å²) in [6.45, 7) is -0.468. The molecule has 3 aromatic rings. The van der Waals surface area contributed by atoms with Crippen molar-refractivity contribution in [2.45, 2.75) is 12.4 Å². The van der Waals surface area contributed by atoms with E-state index in [1.165, 1.54) is 0 Å². The second kappa shape index (κ2) is 6.51. The lowest BCUT2D eigenvalue weighted by Crippen LogP contribution is -2.27. The van der Waals surface area contributed by atoms with Crippen LogP contribution in [0.4, 0.5) is 32.0 Å². The Morgan fingerprint density at radius 2 is 1.57 bits per heavy atom. The van der Waals surface area contributed by atoms with Crippen LogP contribution >= 0.6 is 0 Å². The van der Waals surface area contributed by atoms with Gasteiger partial charge in [-0.2, -0.15) is 26.3 Å². The number of rotatable bonds is 2. The molecule has 5 nitrogen and oxygen atoms in total. The molecule has 2 aromatic carbocycles. The molecule has 0 unspecified atom stereocenters. The number of imidazole rings is 1. The van der Waals surface area contributed by atoms with Crippen molar-refractivity contribution >= 4 is 28.1 Å². The van der Waals surface area contributed by atoms with E-state index in [0.29, 0.717) is 23.2 Å². The maximum absolute atomic E-state index is 13.1. The van der Waals surface area contributed by atoms with Gasteiger partial charge in [-0.15, -0.1) is 0 Å². The zero-order chi connectivity index (χ0) is 21.8. The Labute approximate surface area is 164 Å². The normalized spacial score (nSPS) is 15.5. The topological polar surface area (TPSA) is 76.0 Å². The Balaban J connectivity index is 1.77. The summed E-state index contributed by atoms with van der Waals surface area (Å²) in [5.74, 6) is -0.784. The summed E-state index contributed by atoms with van der Waals surface area (Å²) in [5.41, 5.74) is -2.50. The summed E-state index contributed by atoms with van der Waals surface area (Å²) < 4.78 is 78.9. The first-order valence-corrected chi connectivity index (χ1v) is 8.48. The van der Waals surface area contributed by atoms with Crippen molar-refractivity contribution in [3.8, 4) is 0 Å². The number of aliphatic hydroxyl groups is 1. The number of aliphatic hydroxyl groups excluding tert-OH is 1. The number of hydrogen-bond acceptors (Lipinski definition) is 3. The number of alkyl halides is 6. The van der Waals surface area contributed by atoms with Gasteiger partial charge in [-0.1, -0.05) is 12.1 Å². The van der Waals surface area contributed by atoms with Crippen molar-refractivity contribution in [2.24, 2.45) is 0 Å². The van der Waals surface area contributed by atoms with Crippen LogP contribution in [-0.4, -0.2) is 27.5 Å². The number of benzene rings is 2. The summed E-state index contributed by atoms with van der Waals surface area (Å²) in [5, 5.41) is 18.6. The first kappa shape index (κ1) is 19.8. The highest BCUT2D eigenvalue weighted by Crippen LogP contribution is 2.40. The van der Waals surface area contributed by atoms with E-state index in [4.69, 9.17) is 5.41 Å². The van der Waals surface area contributed by atoms with Gasteiger partial charge in [-0.05, 0) is 30.3 Å². The molecule has 0 amide bonds. The van der Waals surface area contributed by atoms with Gasteiger partial charge < -0.3 is 15.0 Å². The molecule has 0 saturated heterocycles. The van der Waals surface area contributed by atoms with Crippen molar-refractivity contribution in [1.29, 1.82) is 5.41 Å². The van der Waals surface area contributed by atoms with Crippen molar-refractivity contribution in [3.63, 3.8) is 0 Å². The van der Waals surface area contributed by atoms with Crippen LogP contribution in [0.2, 0.25) is 0 Å². The van der Waals surface area contributed by atoms with Crippen LogP contribution in [0.1, 0.15) is 17.0 Å². The highest BCUT2D eigenvalue weighted by Gasteiger charge is 2.39. The van der Waals surface area contributed by atoms with Gasteiger partial charge in [0.15, 0.2) is 0 Å². The van der Waals surface area contributed by atoms with Crippen LogP contribution in [0, 0.1) is 5.41 Å². The van der Waals surface area contributed by atoms with Crippen molar-refractivity contribution in [2.75, 3.05) is 11.4 Å². The van der Waals surface area contributed by atoms with Gasteiger partial charge >= 0.3 is 12.4 Å². The molecule has 0 bridgehead atoms. The highest BCUT2D eigenvalue weighted by atomic mass is 19.4. The Bertz CT molecular complexity index is 1130. The Morgan fingerprint density at radius 3 is 2.13 bits per heavy atom. The molecular formula is C19H12F6N4O. The van der Waals surface area contributed by atoms with E-state index in [1.54, 1.807) is 24.3 Å². The minimum Gasteiger partial charge on any atom is -0.509 e. The number of aromatic nitrogens is 2. The number of halogens is 6. The number of fused-ring (bicyclic) bond motifs is 1. The fraction of sp³-hybridized carbons (Fsp3) is 0.158. The van der Waals surface area contributed by atoms with Gasteiger partial charge in [0.25, 0.3) is 0 Å². The van der Waals surface area contributed by atoms with E-state index >= 15 is 0 Å². The second-order valence-electron chi connectivity index (χ2n) is 6.62. The molecule has 1 aliphatic heterocycles. The third-order valence-electron chi connectivity index (χ3n) is 4.61. The standard InChI is InChI=1S/C19H12F6N4O/c20-18(21,22)9-5-10(19(23,24)25)7-11(6-9)29-8-14(30)15(16(29)26)17-27-12-3-1-2-4-13(12)28-17/h1-7,26,30H,8H2,(H,27,28). The molecule has 30 heavy (non-hydrogen) atoms. The van der Waals surface area contributed by atoms with E-state index in [1.807, 2.05) is 0 Å². The number of nitrogens with one attached hydrogen (secondary N) is 2. The largest absolute Gasteiger partial charge is 0.509 e. The number of para-hydroxylation sites is 2. The highest BCUT2D eigenvalue weighted by molar-refractivity contribution is 6.30. The first-order valence-electron chi connectivity index (χ1n) is 8.48. The van der Waals surface area contributed by atoms with Crippen LogP contribution in [0.5, 0.6) is 0 Å². The Morgan fingerprint density at radius 1 is 0.967 bits per heavy atom. The molecule has 1 aromatic heterocycles. The minimum absolute atomic E-state index is 0.0106. The van der Waals surface area contributed by atoms with Gasteiger partial charge in [-0.25, -0.2) is 4.98 Å². The number of aromatic amines is 1. The maximum Gasteiger partial charge on any atom is 0.416 e. The third kappa shape index (κ3) is 3.36. The molecule has 0 saturated carbocycles. The van der Waals surface area contributed by atoms with Crippen molar-refractivity contribution in [3.05, 3.63) is 65.2 Å². The molecule has 0 spiro atoms. The summed E-state index contributed by atoms with van der Waals surface area (Å²) >= 11 is 0. The van der Waals surface area contributed by atoms with Gasteiger partial charge in [0.1, 0.15) is 17.4 Å². The van der Waals surface area contributed by atoms with Crippen LogP contribution in [0.25, 0.3) is 16.6 Å². The summed E-state index contributed by atoms with van der Waals surface area (Å²) in [4.78, 5) is 7.98. The monoisotopic (exact) mass is 426 g/mol. The molecule has 0 fully saturated rings. The molecule has 4 rings (SSSR count). The summed E-state index contributed by atoms with van der Waals surface area (Å²) in [6, 6.07) is 7.85. The molecule has 0 radical (unpaired) electrons. The Hall–Kier alpha value is -3.50. The van der Waals surface area contributed by atoms with Gasteiger partial charge in [0.05, 0.1) is 34.3 Å². The molecule has 2 heterocycles. The molecule has 3 N–H and O–H groups in total. The van der Waals surface area contributed by atoms with Crippen LogP contribution in [0.15, 0.2) is 48.2 Å². The molecule has 1 aliphatic rings. The van der Waals surface area contributed by atoms with Crippen LogP contribution in [0.3, 0.4) is 0 Å². The SMILES string of the molecule is N=C1C(c2nc3ccccc3[nH]2)=C(O)CN1c1cc(C(F)(F)F)cc(C(F)(F)F)c1. The fourth-order valence-corrected chi connectivity index (χ4v) is 3.21. The number of nitrogens with zero attached hydrogens (tertiary/aromatic N) is 2. The molecule has 156 valence electrons. The van der Waals surface area contributed by atoms with Gasteiger partial charge in [0.2, 0.25) is 0 Å². The van der Waals surface area contributed by atoms with Crippen LogP contribution in [-0.2, 0) is 12.4 Å². The molecule has 11 heteroatoms. The fourth-order valence-electron chi connectivity index (χ4n) is 3.21.